The molecule has 6 nitrogen and oxygen atoms in total. The Hall–Kier alpha value is -3.00. The van der Waals surface area contributed by atoms with Crippen molar-refractivity contribution in [3.63, 3.8) is 0 Å². The number of carbonyl (C=O) groups is 3. The van der Waals surface area contributed by atoms with Crippen LogP contribution < -0.4 is 15.8 Å². The lowest BCUT2D eigenvalue weighted by Crippen LogP contribution is -2.59. The summed E-state index contributed by atoms with van der Waals surface area (Å²) in [6.45, 7) is 0.148. The predicted molar refractivity (Wildman–Crippen MR) is 113 cm³/mol. The van der Waals surface area contributed by atoms with E-state index in [9.17, 15) is 18.8 Å². The molecule has 0 spiro atoms. The molecule has 2 unspecified atom stereocenters. The first-order valence-electron chi connectivity index (χ1n) is 9.55. The molecule has 2 N–H and O–H groups in total. The normalized spacial score (nSPS) is 20.5. The molecule has 0 aromatic heterocycles. The van der Waals surface area contributed by atoms with Crippen LogP contribution in [0.5, 0.6) is 0 Å². The summed E-state index contributed by atoms with van der Waals surface area (Å²) in [5, 5.41) is 3.96. The molecule has 0 saturated carbocycles. The Balaban J connectivity index is 1.49. The summed E-state index contributed by atoms with van der Waals surface area (Å²) in [5.74, 6) is -1.90. The van der Waals surface area contributed by atoms with Crippen LogP contribution in [0.25, 0.3) is 0 Å². The Bertz CT molecular complexity index is 1040. The molecule has 30 heavy (non-hydrogen) atoms. The molecule has 1 aliphatic heterocycles. The maximum Gasteiger partial charge on any atom is 0.251 e. The molecule has 1 saturated heterocycles. The van der Waals surface area contributed by atoms with Gasteiger partial charge in [0.15, 0.2) is 0 Å². The second-order valence-electron chi connectivity index (χ2n) is 7.32. The summed E-state index contributed by atoms with van der Waals surface area (Å²) in [4.78, 5) is 37.9. The van der Waals surface area contributed by atoms with Crippen LogP contribution in [0.4, 0.5) is 10.1 Å². The fourth-order valence-corrected chi connectivity index (χ4v) is 4.28. The predicted octanol–water partition coefficient (Wildman–Crippen LogP) is 3.48. The molecule has 2 atom stereocenters. The quantitative estimate of drug-likeness (QED) is 0.670. The molecule has 2 aromatic rings. The van der Waals surface area contributed by atoms with E-state index in [0.29, 0.717) is 34.1 Å². The van der Waals surface area contributed by atoms with Gasteiger partial charge in [-0.25, -0.2) is 9.40 Å². The van der Waals surface area contributed by atoms with Gasteiger partial charge < -0.3 is 5.32 Å². The Morgan fingerprint density at radius 3 is 2.67 bits per heavy atom. The van der Waals surface area contributed by atoms with Gasteiger partial charge in [-0.15, -0.1) is 0 Å². The smallest absolute Gasteiger partial charge is 0.251 e. The topological polar surface area (TPSA) is 78.5 Å². The monoisotopic (exact) mass is 471 g/mol. The summed E-state index contributed by atoms with van der Waals surface area (Å²) < 4.78 is 14.1. The van der Waals surface area contributed by atoms with Crippen LogP contribution >= 0.6 is 15.9 Å². The largest absolute Gasteiger partial charge is 0.348 e. The van der Waals surface area contributed by atoms with Gasteiger partial charge in [0.1, 0.15) is 5.82 Å². The minimum absolute atomic E-state index is 0.148. The first-order chi connectivity index (χ1) is 14.4. The standard InChI is InChI=1S/C22H19BrFN3O3/c23-15-8-13(9-16(24)11-15)12-25-20(28)14-4-3-5-17(10-14)27-22(30)19-7-2-1-6-18(19)21(29)26-27/h1-5,8-11,18-19H,6-7,12H2,(H,25,28)(H,26,29). The van der Waals surface area contributed by atoms with Gasteiger partial charge in [-0.2, -0.15) is 0 Å². The first-order valence-corrected chi connectivity index (χ1v) is 10.3. The molecule has 0 radical (unpaired) electrons. The lowest BCUT2D eigenvalue weighted by Gasteiger charge is -2.38. The number of benzene rings is 2. The molecule has 2 aliphatic rings. The van der Waals surface area contributed by atoms with Crippen LogP contribution in [0.3, 0.4) is 0 Å². The minimum atomic E-state index is -0.397. The number of amides is 3. The van der Waals surface area contributed by atoms with Crippen LogP contribution in [0, 0.1) is 17.7 Å². The number of hydrogen-bond acceptors (Lipinski definition) is 3. The zero-order valence-electron chi connectivity index (χ0n) is 15.9. The number of fused-ring (bicyclic) bond motifs is 1. The molecule has 154 valence electrons. The van der Waals surface area contributed by atoms with Crippen LogP contribution in [0.1, 0.15) is 28.8 Å². The summed E-state index contributed by atoms with van der Waals surface area (Å²) in [6.07, 6.45) is 4.92. The van der Waals surface area contributed by atoms with E-state index in [2.05, 4.69) is 26.7 Å². The lowest BCUT2D eigenvalue weighted by atomic mass is 9.80. The number of allylic oxidation sites excluding steroid dienone is 2. The fraction of sp³-hybridized carbons (Fsp3) is 0.227. The van der Waals surface area contributed by atoms with E-state index in [4.69, 9.17) is 0 Å². The van der Waals surface area contributed by atoms with Gasteiger partial charge >= 0.3 is 0 Å². The van der Waals surface area contributed by atoms with Gasteiger partial charge in [-0.05, 0) is 54.8 Å². The van der Waals surface area contributed by atoms with Gasteiger partial charge in [-0.1, -0.05) is 34.1 Å². The van der Waals surface area contributed by atoms with Crippen molar-refractivity contribution in [2.24, 2.45) is 11.8 Å². The van der Waals surface area contributed by atoms with E-state index in [1.54, 1.807) is 30.3 Å². The summed E-state index contributed by atoms with van der Waals surface area (Å²) in [5.41, 5.74) is 4.01. The zero-order valence-corrected chi connectivity index (χ0v) is 17.5. The summed E-state index contributed by atoms with van der Waals surface area (Å²) >= 11 is 3.22. The van der Waals surface area contributed by atoms with E-state index in [1.807, 2.05) is 12.2 Å². The van der Waals surface area contributed by atoms with Gasteiger partial charge in [-0.3, -0.25) is 19.8 Å². The SMILES string of the molecule is O=C(NCc1cc(F)cc(Br)c1)c1cccc(N2NC(=O)C3CC=CCC3C2=O)c1. The van der Waals surface area contributed by atoms with E-state index >= 15 is 0 Å². The number of nitrogens with zero attached hydrogens (tertiary/aromatic N) is 1. The van der Waals surface area contributed by atoms with Crippen molar-refractivity contribution in [2.75, 3.05) is 5.01 Å². The molecule has 2 aromatic carbocycles. The third-order valence-corrected chi connectivity index (χ3v) is 5.73. The zero-order chi connectivity index (χ0) is 21.3. The molecule has 1 heterocycles. The molecule has 1 aliphatic carbocycles. The lowest BCUT2D eigenvalue weighted by molar-refractivity contribution is -0.139. The minimum Gasteiger partial charge on any atom is -0.348 e. The molecule has 0 bridgehead atoms. The fourth-order valence-electron chi connectivity index (χ4n) is 3.77. The Morgan fingerprint density at radius 2 is 1.90 bits per heavy atom. The maximum atomic E-state index is 13.5. The van der Waals surface area contributed by atoms with E-state index < -0.39 is 11.7 Å². The molecular formula is C22H19BrFN3O3. The molecule has 1 fully saturated rings. The highest BCUT2D eigenvalue weighted by molar-refractivity contribution is 9.10. The number of nitrogens with one attached hydrogen (secondary N) is 2. The highest BCUT2D eigenvalue weighted by Gasteiger charge is 2.42. The number of carbonyl (C=O) groups excluding carboxylic acids is 3. The number of halogens is 2. The highest BCUT2D eigenvalue weighted by Crippen LogP contribution is 2.32. The summed E-state index contributed by atoms with van der Waals surface area (Å²) in [7, 11) is 0. The van der Waals surface area contributed by atoms with Crippen molar-refractivity contribution in [3.8, 4) is 0 Å². The number of hydrazine groups is 1. The Labute approximate surface area is 181 Å². The third kappa shape index (κ3) is 4.14. The first kappa shape index (κ1) is 20.3. The molecule has 3 amide bonds. The number of hydrogen-bond donors (Lipinski definition) is 2. The van der Waals surface area contributed by atoms with Crippen LogP contribution in [-0.2, 0) is 16.1 Å². The van der Waals surface area contributed by atoms with Crippen molar-refractivity contribution in [1.29, 1.82) is 0 Å². The van der Waals surface area contributed by atoms with Gasteiger partial charge in [0.25, 0.3) is 5.91 Å². The maximum absolute atomic E-state index is 13.5. The second-order valence-corrected chi connectivity index (χ2v) is 8.23. The Morgan fingerprint density at radius 1 is 1.13 bits per heavy atom. The van der Waals surface area contributed by atoms with E-state index in [-0.39, 0.29) is 30.2 Å². The summed E-state index contributed by atoms with van der Waals surface area (Å²) in [6, 6.07) is 10.9. The van der Waals surface area contributed by atoms with Crippen molar-refractivity contribution < 1.29 is 18.8 Å². The second kappa shape index (κ2) is 8.39. The molecular weight excluding hydrogens is 453 g/mol. The Kier molecular flexibility index (Phi) is 5.67. The van der Waals surface area contributed by atoms with Gasteiger partial charge in [0.05, 0.1) is 17.5 Å². The van der Waals surface area contributed by atoms with Gasteiger partial charge in [0.2, 0.25) is 11.8 Å². The van der Waals surface area contributed by atoms with E-state index in [1.165, 1.54) is 17.1 Å². The highest BCUT2D eigenvalue weighted by atomic mass is 79.9. The van der Waals surface area contributed by atoms with E-state index in [0.717, 1.165) is 0 Å². The molecule has 8 heteroatoms. The van der Waals surface area contributed by atoms with Crippen molar-refractivity contribution >= 4 is 39.3 Å². The van der Waals surface area contributed by atoms with Crippen LogP contribution in [-0.4, -0.2) is 17.7 Å². The number of anilines is 1. The van der Waals surface area contributed by atoms with Crippen molar-refractivity contribution in [3.05, 3.63) is 76.0 Å². The molecule has 4 rings (SSSR count). The van der Waals surface area contributed by atoms with Gasteiger partial charge in [0, 0.05) is 16.6 Å². The van der Waals surface area contributed by atoms with Crippen molar-refractivity contribution in [1.82, 2.24) is 10.7 Å². The van der Waals surface area contributed by atoms with Crippen molar-refractivity contribution in [2.45, 2.75) is 19.4 Å². The number of rotatable bonds is 4. The van der Waals surface area contributed by atoms with Crippen LogP contribution in [0.2, 0.25) is 0 Å². The average molecular weight is 472 g/mol. The van der Waals surface area contributed by atoms with Crippen LogP contribution in [0.15, 0.2) is 59.1 Å². The average Bonchev–Trinajstić information content (AvgIpc) is 2.74. The third-order valence-electron chi connectivity index (χ3n) is 5.27.